The summed E-state index contributed by atoms with van der Waals surface area (Å²) in [4.78, 5) is 27.3. The summed E-state index contributed by atoms with van der Waals surface area (Å²) in [6.45, 7) is 27.7. The Morgan fingerprint density at radius 1 is 0.956 bits per heavy atom. The molecule has 0 bridgehead atoms. The highest BCUT2D eigenvalue weighted by Crippen LogP contribution is 2.38. The Bertz CT molecular complexity index is 1350. The molecule has 3 aromatic rings. The summed E-state index contributed by atoms with van der Waals surface area (Å²) in [5.41, 5.74) is 6.05. The molecular formula is C37H57FN6O. The number of aryl methyl sites for hydroxylation is 2. The Kier molecular flexibility index (Phi) is 17.7. The molecule has 7 nitrogen and oxygen atoms in total. The standard InChI is InChI=1S/C33H45FN6O.2C2H6/c1-9-26-30(27-21-25(24(7)35-8)18-17-22(27)5)37-33(36-19-14-20-39(11-3)12-4)38-32(26)40(29(41)10-2)31-23(6)15-13-16-28(31)34;2*1-2/h13,15-18,21,35H,7,9-12,14,19-20H2,1-6,8H3,(H,36,37,38);2*1-2H3. The van der Waals surface area contributed by atoms with Gasteiger partial charge in [-0.05, 0) is 75.1 Å². The molecule has 0 saturated carbocycles. The first kappa shape index (κ1) is 39.2. The topological polar surface area (TPSA) is 73.4 Å². The maximum absolute atomic E-state index is 15.4. The van der Waals surface area contributed by atoms with Crippen LogP contribution in [0.4, 0.5) is 21.8 Å². The van der Waals surface area contributed by atoms with E-state index >= 15 is 4.39 Å². The molecule has 1 amide bonds. The average molecular weight is 621 g/mol. The number of hydrogen-bond donors (Lipinski definition) is 2. The second kappa shape index (κ2) is 20.3. The van der Waals surface area contributed by atoms with Crippen molar-refractivity contribution in [3.8, 4) is 11.3 Å². The van der Waals surface area contributed by atoms with E-state index in [0.717, 1.165) is 59.7 Å². The molecule has 0 aliphatic carbocycles. The monoisotopic (exact) mass is 620 g/mol. The van der Waals surface area contributed by atoms with Crippen molar-refractivity contribution in [1.82, 2.24) is 20.2 Å². The number of hydrogen-bond acceptors (Lipinski definition) is 6. The molecule has 248 valence electrons. The predicted octanol–water partition coefficient (Wildman–Crippen LogP) is 8.92. The summed E-state index contributed by atoms with van der Waals surface area (Å²) in [5, 5.41) is 6.52. The molecule has 0 aliphatic heterocycles. The minimum Gasteiger partial charge on any atom is -0.388 e. The fourth-order valence-electron chi connectivity index (χ4n) is 4.95. The SMILES string of the molecule is C=C(NC)c1ccc(C)c(-c2nc(NCCCN(CC)CC)nc(N(C(=O)CC)c3c(C)cccc3F)c2CC)c1.CC.CC. The predicted molar refractivity (Wildman–Crippen MR) is 192 cm³/mol. The van der Waals surface area contributed by atoms with Gasteiger partial charge in [0.15, 0.2) is 0 Å². The van der Waals surface area contributed by atoms with E-state index in [2.05, 4.69) is 42.0 Å². The van der Waals surface area contributed by atoms with Crippen LogP contribution in [0.2, 0.25) is 0 Å². The molecule has 0 aliphatic rings. The molecule has 1 heterocycles. The van der Waals surface area contributed by atoms with Gasteiger partial charge in [0.05, 0.1) is 11.4 Å². The van der Waals surface area contributed by atoms with Crippen molar-refractivity contribution >= 4 is 29.1 Å². The molecule has 2 aromatic carbocycles. The minimum absolute atomic E-state index is 0.194. The number of nitrogens with zero attached hydrogens (tertiary/aromatic N) is 4. The number of rotatable bonds is 14. The van der Waals surface area contributed by atoms with E-state index in [1.165, 1.54) is 11.0 Å². The summed E-state index contributed by atoms with van der Waals surface area (Å²) < 4.78 is 15.4. The van der Waals surface area contributed by atoms with Crippen LogP contribution in [0.1, 0.15) is 90.5 Å². The van der Waals surface area contributed by atoms with Gasteiger partial charge in [-0.1, -0.05) is 86.2 Å². The van der Waals surface area contributed by atoms with Gasteiger partial charge in [-0.3, -0.25) is 9.69 Å². The van der Waals surface area contributed by atoms with Crippen molar-refractivity contribution in [3.05, 3.63) is 71.0 Å². The van der Waals surface area contributed by atoms with Gasteiger partial charge in [-0.15, -0.1) is 0 Å². The number of nitrogens with one attached hydrogen (secondary N) is 2. The normalized spacial score (nSPS) is 10.3. The van der Waals surface area contributed by atoms with E-state index in [4.69, 9.17) is 9.97 Å². The van der Waals surface area contributed by atoms with Crippen LogP contribution in [0.25, 0.3) is 17.0 Å². The Morgan fingerprint density at radius 3 is 2.18 bits per heavy atom. The van der Waals surface area contributed by atoms with Crippen molar-refractivity contribution in [2.75, 3.05) is 43.4 Å². The van der Waals surface area contributed by atoms with Crippen LogP contribution in [0, 0.1) is 19.7 Å². The number of carbonyl (C=O) groups is 1. The highest BCUT2D eigenvalue weighted by molar-refractivity contribution is 6.01. The number of carbonyl (C=O) groups excluding carboxylic acids is 1. The van der Waals surface area contributed by atoms with Crippen molar-refractivity contribution in [3.63, 3.8) is 0 Å². The van der Waals surface area contributed by atoms with Crippen molar-refractivity contribution in [2.24, 2.45) is 0 Å². The van der Waals surface area contributed by atoms with E-state index in [1.807, 2.05) is 73.7 Å². The molecule has 0 unspecified atom stereocenters. The van der Waals surface area contributed by atoms with Gasteiger partial charge in [-0.2, -0.15) is 4.98 Å². The quantitative estimate of drug-likeness (QED) is 0.175. The van der Waals surface area contributed by atoms with Crippen LogP contribution in [0.3, 0.4) is 0 Å². The lowest BCUT2D eigenvalue weighted by molar-refractivity contribution is -0.117. The van der Waals surface area contributed by atoms with Crippen molar-refractivity contribution in [1.29, 1.82) is 0 Å². The zero-order chi connectivity index (χ0) is 34.1. The molecule has 1 aromatic heterocycles. The molecule has 0 radical (unpaired) electrons. The minimum atomic E-state index is -0.466. The maximum atomic E-state index is 15.4. The number of aromatic nitrogens is 2. The first-order valence-corrected chi connectivity index (χ1v) is 16.6. The Labute approximate surface area is 272 Å². The van der Waals surface area contributed by atoms with Gasteiger partial charge in [0.1, 0.15) is 11.6 Å². The Hall–Kier alpha value is -3.78. The molecule has 45 heavy (non-hydrogen) atoms. The molecular weight excluding hydrogens is 563 g/mol. The third-order valence-corrected chi connectivity index (χ3v) is 7.49. The van der Waals surface area contributed by atoms with E-state index in [9.17, 15) is 4.79 Å². The summed E-state index contributed by atoms with van der Waals surface area (Å²) in [6, 6.07) is 11.0. The van der Waals surface area contributed by atoms with Gasteiger partial charge in [0, 0.05) is 36.8 Å². The van der Waals surface area contributed by atoms with Crippen LogP contribution < -0.4 is 15.5 Å². The largest absolute Gasteiger partial charge is 0.388 e. The molecule has 0 fully saturated rings. The van der Waals surface area contributed by atoms with Crippen LogP contribution in [-0.4, -0.2) is 54.0 Å². The van der Waals surface area contributed by atoms with E-state index < -0.39 is 5.82 Å². The first-order chi connectivity index (χ1) is 21.7. The van der Waals surface area contributed by atoms with E-state index in [1.54, 1.807) is 13.0 Å². The highest BCUT2D eigenvalue weighted by atomic mass is 19.1. The van der Waals surface area contributed by atoms with Gasteiger partial charge in [0.25, 0.3) is 0 Å². The van der Waals surface area contributed by atoms with Crippen molar-refractivity contribution in [2.45, 2.75) is 88.5 Å². The fraction of sp³-hybridized carbons (Fsp3) is 0.486. The van der Waals surface area contributed by atoms with Gasteiger partial charge < -0.3 is 15.5 Å². The second-order valence-corrected chi connectivity index (χ2v) is 10.1. The number of anilines is 3. The lowest BCUT2D eigenvalue weighted by atomic mass is 9.96. The van der Waals surface area contributed by atoms with Crippen molar-refractivity contribution < 1.29 is 9.18 Å². The second-order valence-electron chi connectivity index (χ2n) is 10.1. The van der Waals surface area contributed by atoms with E-state index in [-0.39, 0.29) is 18.0 Å². The smallest absolute Gasteiger partial charge is 0.232 e. The Morgan fingerprint density at radius 2 is 1.62 bits per heavy atom. The summed E-state index contributed by atoms with van der Waals surface area (Å²) in [7, 11) is 1.84. The van der Waals surface area contributed by atoms with E-state index in [0.29, 0.717) is 30.3 Å². The van der Waals surface area contributed by atoms with Crippen LogP contribution in [-0.2, 0) is 11.2 Å². The number of halogens is 1. The first-order valence-electron chi connectivity index (χ1n) is 16.6. The zero-order valence-electron chi connectivity index (χ0n) is 29.7. The lowest BCUT2D eigenvalue weighted by Gasteiger charge is -2.27. The summed E-state index contributed by atoms with van der Waals surface area (Å²) in [5.74, 6) is 0.109. The molecule has 0 atom stereocenters. The maximum Gasteiger partial charge on any atom is 0.232 e. The Balaban J connectivity index is 0.00000243. The fourth-order valence-corrected chi connectivity index (χ4v) is 4.95. The highest BCUT2D eigenvalue weighted by Gasteiger charge is 2.28. The number of para-hydroxylation sites is 1. The number of amides is 1. The van der Waals surface area contributed by atoms with Crippen LogP contribution in [0.15, 0.2) is 43.0 Å². The van der Waals surface area contributed by atoms with Gasteiger partial charge >= 0.3 is 0 Å². The molecule has 0 saturated heterocycles. The molecule has 3 rings (SSSR count). The van der Waals surface area contributed by atoms with Gasteiger partial charge in [0.2, 0.25) is 11.9 Å². The third kappa shape index (κ3) is 10.1. The van der Waals surface area contributed by atoms with Gasteiger partial charge in [-0.25, -0.2) is 9.37 Å². The molecule has 0 spiro atoms. The zero-order valence-corrected chi connectivity index (χ0v) is 29.7. The van der Waals surface area contributed by atoms with Crippen LogP contribution in [0.5, 0.6) is 0 Å². The van der Waals surface area contributed by atoms with Crippen LogP contribution >= 0.6 is 0 Å². The number of benzene rings is 2. The summed E-state index contributed by atoms with van der Waals surface area (Å²) in [6.07, 6.45) is 1.65. The lowest BCUT2D eigenvalue weighted by Crippen LogP contribution is -2.29. The third-order valence-electron chi connectivity index (χ3n) is 7.49. The average Bonchev–Trinajstić information content (AvgIpc) is 3.07. The molecule has 8 heteroatoms. The molecule has 2 N–H and O–H groups in total. The summed E-state index contributed by atoms with van der Waals surface area (Å²) >= 11 is 0.